The van der Waals surface area contributed by atoms with Gasteiger partial charge in [0.25, 0.3) is 0 Å². The lowest BCUT2D eigenvalue weighted by Crippen LogP contribution is -2.39. The smallest absolute Gasteiger partial charge is 0.390 e. The summed E-state index contributed by atoms with van der Waals surface area (Å²) >= 11 is 0. The SMILES string of the molecule is CCCc1ccccc1[Si](OCC)OCC. The normalized spacial score (nSPS) is 11.0. The number of benzene rings is 1. The molecule has 2 nitrogen and oxygen atoms in total. The van der Waals surface area contributed by atoms with E-state index in [0.717, 1.165) is 26.1 Å². The minimum absolute atomic E-state index is 0.717. The fraction of sp³-hybridized carbons (Fsp3) is 0.538. The molecular weight excluding hydrogens is 216 g/mol. The maximum absolute atomic E-state index is 5.74. The number of hydrogen-bond acceptors (Lipinski definition) is 2. The first-order chi connectivity index (χ1) is 7.83. The van der Waals surface area contributed by atoms with E-state index in [9.17, 15) is 0 Å². The molecule has 0 N–H and O–H groups in total. The van der Waals surface area contributed by atoms with Crippen molar-refractivity contribution in [1.82, 2.24) is 0 Å². The Kier molecular flexibility index (Phi) is 6.38. The molecule has 0 aliphatic heterocycles. The van der Waals surface area contributed by atoms with Gasteiger partial charge in [-0.2, -0.15) is 0 Å². The second-order valence-electron chi connectivity index (χ2n) is 3.56. The van der Waals surface area contributed by atoms with Gasteiger partial charge in [-0.15, -0.1) is 0 Å². The van der Waals surface area contributed by atoms with Gasteiger partial charge in [-0.1, -0.05) is 37.6 Å². The second-order valence-corrected chi connectivity index (χ2v) is 5.25. The van der Waals surface area contributed by atoms with Crippen molar-refractivity contribution in [2.24, 2.45) is 0 Å². The van der Waals surface area contributed by atoms with Gasteiger partial charge >= 0.3 is 9.28 Å². The molecule has 0 heterocycles. The molecule has 3 heteroatoms. The van der Waals surface area contributed by atoms with Gasteiger partial charge in [-0.05, 0) is 31.0 Å². The zero-order valence-electron chi connectivity index (χ0n) is 10.5. The zero-order chi connectivity index (χ0) is 11.8. The first kappa shape index (κ1) is 13.4. The summed E-state index contributed by atoms with van der Waals surface area (Å²) in [6.45, 7) is 7.67. The molecule has 89 valence electrons. The van der Waals surface area contributed by atoms with E-state index in [-0.39, 0.29) is 0 Å². The lowest BCUT2D eigenvalue weighted by atomic mass is 10.1. The predicted octanol–water partition coefficient (Wildman–Crippen LogP) is 2.41. The Morgan fingerprint density at radius 1 is 1.00 bits per heavy atom. The largest absolute Gasteiger partial charge is 0.423 e. The minimum atomic E-state index is -1.28. The maximum atomic E-state index is 5.74. The second kappa shape index (κ2) is 7.60. The van der Waals surface area contributed by atoms with E-state index in [1.165, 1.54) is 10.8 Å². The highest BCUT2D eigenvalue weighted by Gasteiger charge is 2.20. The van der Waals surface area contributed by atoms with Crippen molar-refractivity contribution in [1.29, 1.82) is 0 Å². The van der Waals surface area contributed by atoms with Crippen LogP contribution in [0.3, 0.4) is 0 Å². The van der Waals surface area contributed by atoms with Crippen LogP contribution in [0.2, 0.25) is 0 Å². The summed E-state index contributed by atoms with van der Waals surface area (Å²) in [5.41, 5.74) is 1.38. The van der Waals surface area contributed by atoms with Crippen LogP contribution in [0.1, 0.15) is 32.8 Å². The van der Waals surface area contributed by atoms with Crippen LogP contribution in [0.25, 0.3) is 0 Å². The first-order valence-electron chi connectivity index (χ1n) is 6.04. The van der Waals surface area contributed by atoms with Crippen LogP contribution in [-0.4, -0.2) is 22.5 Å². The minimum Gasteiger partial charge on any atom is -0.390 e. The highest BCUT2D eigenvalue weighted by atomic mass is 28.3. The van der Waals surface area contributed by atoms with Crippen LogP contribution in [0.4, 0.5) is 0 Å². The van der Waals surface area contributed by atoms with Gasteiger partial charge in [0.2, 0.25) is 0 Å². The topological polar surface area (TPSA) is 18.5 Å². The Labute approximate surface area is 100 Å². The Balaban J connectivity index is 2.87. The van der Waals surface area contributed by atoms with Crippen LogP contribution >= 0.6 is 0 Å². The predicted molar refractivity (Wildman–Crippen MR) is 69.1 cm³/mol. The monoisotopic (exact) mass is 237 g/mol. The van der Waals surface area contributed by atoms with E-state index in [2.05, 4.69) is 31.2 Å². The van der Waals surface area contributed by atoms with Gasteiger partial charge in [-0.3, -0.25) is 0 Å². The molecule has 1 aromatic rings. The van der Waals surface area contributed by atoms with E-state index < -0.39 is 9.28 Å². The van der Waals surface area contributed by atoms with Gasteiger partial charge in [-0.25, -0.2) is 0 Å². The fourth-order valence-corrected chi connectivity index (χ4v) is 3.29. The molecule has 0 saturated carbocycles. The van der Waals surface area contributed by atoms with Crippen LogP contribution in [0, 0.1) is 0 Å². The third-order valence-electron chi connectivity index (χ3n) is 2.31. The molecule has 0 aliphatic rings. The molecule has 0 spiro atoms. The summed E-state index contributed by atoms with van der Waals surface area (Å²) in [4.78, 5) is 0. The summed E-state index contributed by atoms with van der Waals surface area (Å²) in [6, 6.07) is 8.48. The van der Waals surface area contributed by atoms with Crippen molar-refractivity contribution in [2.45, 2.75) is 33.6 Å². The third-order valence-corrected chi connectivity index (χ3v) is 4.34. The van der Waals surface area contributed by atoms with Gasteiger partial charge in [0.15, 0.2) is 0 Å². The molecule has 1 aromatic carbocycles. The summed E-state index contributed by atoms with van der Waals surface area (Å²) < 4.78 is 11.5. The van der Waals surface area contributed by atoms with E-state index in [1.807, 2.05) is 13.8 Å². The summed E-state index contributed by atoms with van der Waals surface area (Å²) in [5.74, 6) is 0. The van der Waals surface area contributed by atoms with Gasteiger partial charge in [0, 0.05) is 13.2 Å². The van der Waals surface area contributed by atoms with Crippen molar-refractivity contribution >= 4 is 14.5 Å². The molecule has 0 aliphatic carbocycles. The van der Waals surface area contributed by atoms with Crippen molar-refractivity contribution in [3.63, 3.8) is 0 Å². The van der Waals surface area contributed by atoms with Crippen LogP contribution < -0.4 is 5.19 Å². The first-order valence-corrected chi connectivity index (χ1v) is 7.35. The molecule has 16 heavy (non-hydrogen) atoms. The Morgan fingerprint density at radius 2 is 1.62 bits per heavy atom. The maximum Gasteiger partial charge on any atom is 0.423 e. The third kappa shape index (κ3) is 3.74. The highest BCUT2D eigenvalue weighted by Crippen LogP contribution is 2.04. The van der Waals surface area contributed by atoms with Crippen molar-refractivity contribution in [3.8, 4) is 0 Å². The van der Waals surface area contributed by atoms with Crippen LogP contribution in [0.15, 0.2) is 24.3 Å². The lowest BCUT2D eigenvalue weighted by Gasteiger charge is -2.16. The molecule has 1 radical (unpaired) electrons. The van der Waals surface area contributed by atoms with Crippen LogP contribution in [0.5, 0.6) is 0 Å². The van der Waals surface area contributed by atoms with Crippen molar-refractivity contribution in [2.75, 3.05) is 13.2 Å². The molecule has 0 fully saturated rings. The van der Waals surface area contributed by atoms with Gasteiger partial charge in [0.05, 0.1) is 0 Å². The molecule has 0 aromatic heterocycles. The Bertz CT molecular complexity index is 296. The quantitative estimate of drug-likeness (QED) is 0.678. The summed E-state index contributed by atoms with van der Waals surface area (Å²) in [7, 11) is -1.28. The van der Waals surface area contributed by atoms with Crippen molar-refractivity contribution < 1.29 is 8.85 Å². The molecule has 0 atom stereocenters. The van der Waals surface area contributed by atoms with Gasteiger partial charge < -0.3 is 8.85 Å². The summed E-state index contributed by atoms with van der Waals surface area (Å²) in [5, 5.41) is 1.28. The van der Waals surface area contributed by atoms with E-state index in [0.29, 0.717) is 0 Å². The van der Waals surface area contributed by atoms with Gasteiger partial charge in [0.1, 0.15) is 0 Å². The van der Waals surface area contributed by atoms with Crippen molar-refractivity contribution in [3.05, 3.63) is 29.8 Å². The molecule has 0 bridgehead atoms. The lowest BCUT2D eigenvalue weighted by molar-refractivity contribution is 0.225. The summed E-state index contributed by atoms with van der Waals surface area (Å²) in [6.07, 6.45) is 2.26. The molecule has 1 rings (SSSR count). The molecule has 0 unspecified atom stereocenters. The van der Waals surface area contributed by atoms with E-state index >= 15 is 0 Å². The van der Waals surface area contributed by atoms with Crippen LogP contribution in [-0.2, 0) is 15.3 Å². The highest BCUT2D eigenvalue weighted by molar-refractivity contribution is 6.61. The van der Waals surface area contributed by atoms with E-state index in [4.69, 9.17) is 8.85 Å². The number of aryl methyl sites for hydroxylation is 1. The Hall–Kier alpha value is -0.643. The molecular formula is C13H21O2Si. The molecule has 0 saturated heterocycles. The zero-order valence-corrected chi connectivity index (χ0v) is 11.5. The molecule has 0 amide bonds. The number of hydrogen-bond donors (Lipinski definition) is 0. The Morgan fingerprint density at radius 3 is 2.19 bits per heavy atom. The average molecular weight is 237 g/mol. The average Bonchev–Trinajstić information content (AvgIpc) is 2.30. The standard InChI is InChI=1S/C13H21O2Si/c1-4-9-12-10-7-8-11-13(12)16(14-5-2)15-6-3/h7-8,10-11H,4-6,9H2,1-3H3. The van der Waals surface area contributed by atoms with E-state index in [1.54, 1.807) is 0 Å². The fourth-order valence-electron chi connectivity index (χ4n) is 1.67. The number of rotatable bonds is 7.